The maximum Gasteiger partial charge on any atom is 0.306 e. The average molecular weight is 1160 g/mol. The van der Waals surface area contributed by atoms with Crippen molar-refractivity contribution in [2.24, 2.45) is 5.73 Å². The fraction of sp³-hybridized carbons (Fsp3) is 0.862. The van der Waals surface area contributed by atoms with Crippen molar-refractivity contribution in [2.75, 3.05) is 37.0 Å². The first-order chi connectivity index (χ1) is 37.9. The Kier molecular flexibility index (Phi) is 48.6. The number of hydrogen-bond donors (Lipinski definition) is 7. The van der Waals surface area contributed by atoms with Gasteiger partial charge in [0.1, 0.15) is 30.8 Å². The number of imide groups is 1. The molecule has 0 heterocycles. The second kappa shape index (κ2) is 51.1. The number of carbonyl (C=O) groups excluding carboxylic acids is 8. The highest BCUT2D eigenvalue weighted by molar-refractivity contribution is 7.99. The first kappa shape index (κ1) is 75.2. The Bertz CT molecular complexity index is 1780. The van der Waals surface area contributed by atoms with E-state index >= 15 is 0 Å². The number of primary amides is 1. The number of nitrogens with two attached hydrogens (primary N) is 1. The number of ether oxygens (including phenoxy) is 2. The second-order valence-electron chi connectivity index (χ2n) is 21.3. The molecule has 0 rings (SSSR count). The van der Waals surface area contributed by atoms with E-state index in [2.05, 4.69) is 47.4 Å². The molecule has 79 heavy (non-hydrogen) atoms. The summed E-state index contributed by atoms with van der Waals surface area (Å²) >= 11 is 1.21. The number of unbranched alkanes of at least 4 members (excludes halogenated alkanes) is 28. The molecule has 0 saturated heterocycles. The van der Waals surface area contributed by atoms with Crippen LogP contribution < -0.4 is 32.3 Å². The van der Waals surface area contributed by atoms with Gasteiger partial charge in [0, 0.05) is 43.7 Å². The molecule has 19 nitrogen and oxygen atoms in total. The second-order valence-corrected chi connectivity index (χ2v) is 23.9. The Morgan fingerprint density at radius 2 is 0.949 bits per heavy atom. The Morgan fingerprint density at radius 3 is 1.41 bits per heavy atom. The van der Waals surface area contributed by atoms with Crippen molar-refractivity contribution >= 4 is 69.3 Å². The predicted molar refractivity (Wildman–Crippen MR) is 314 cm³/mol. The highest BCUT2D eigenvalue weighted by Crippen LogP contribution is 2.17. The molecule has 6 amide bonds. The summed E-state index contributed by atoms with van der Waals surface area (Å²) < 4.78 is 42.4. The summed E-state index contributed by atoms with van der Waals surface area (Å²) in [5.74, 6) is -5.96. The monoisotopic (exact) mass is 1160 g/mol. The van der Waals surface area contributed by atoms with Crippen LogP contribution >= 0.6 is 11.8 Å². The maximum absolute atomic E-state index is 14.0. The van der Waals surface area contributed by atoms with Gasteiger partial charge in [0.2, 0.25) is 35.4 Å². The van der Waals surface area contributed by atoms with Gasteiger partial charge in [-0.3, -0.25) is 48.2 Å². The summed E-state index contributed by atoms with van der Waals surface area (Å²) in [7, 11) is -4.30. The lowest BCUT2D eigenvalue weighted by Crippen LogP contribution is -2.57. The number of nitrogens with one attached hydrogen (secondary N) is 5. The van der Waals surface area contributed by atoms with Crippen LogP contribution in [-0.2, 0) is 57.9 Å². The van der Waals surface area contributed by atoms with Gasteiger partial charge in [-0.05, 0) is 32.6 Å². The molecule has 0 unspecified atom stereocenters. The van der Waals surface area contributed by atoms with E-state index in [0.717, 1.165) is 64.2 Å². The highest BCUT2D eigenvalue weighted by Gasteiger charge is 2.29. The van der Waals surface area contributed by atoms with Gasteiger partial charge in [-0.25, -0.2) is 0 Å². The number of rotatable bonds is 55. The molecular formula is C58H108N6O13S2. The maximum atomic E-state index is 14.0. The third kappa shape index (κ3) is 48.6. The topological polar surface area (TPSA) is 296 Å². The van der Waals surface area contributed by atoms with Crippen molar-refractivity contribution in [3.8, 4) is 0 Å². The predicted octanol–water partition coefficient (Wildman–Crippen LogP) is 9.36. The van der Waals surface area contributed by atoms with Gasteiger partial charge in [0.25, 0.3) is 10.1 Å². The Labute approximate surface area is 480 Å². The first-order valence-corrected chi connectivity index (χ1v) is 33.3. The molecule has 0 aromatic carbocycles. The Balaban J connectivity index is 5.92. The Morgan fingerprint density at radius 1 is 0.506 bits per heavy atom. The third-order valence-corrected chi connectivity index (χ3v) is 15.5. The van der Waals surface area contributed by atoms with Crippen LogP contribution in [0.2, 0.25) is 0 Å². The van der Waals surface area contributed by atoms with E-state index in [1.54, 1.807) is 0 Å². The summed E-state index contributed by atoms with van der Waals surface area (Å²) in [6, 6.07) is -3.91. The summed E-state index contributed by atoms with van der Waals surface area (Å²) in [6.07, 6.45) is 33.6. The van der Waals surface area contributed by atoms with Crippen LogP contribution in [0.1, 0.15) is 259 Å². The van der Waals surface area contributed by atoms with Crippen molar-refractivity contribution < 1.29 is 60.8 Å². The van der Waals surface area contributed by atoms with Crippen LogP contribution in [0, 0.1) is 0 Å². The highest BCUT2D eigenvalue weighted by atomic mass is 32.2. The smallest absolute Gasteiger partial charge is 0.306 e. The SMILES string of the molecule is CCCCCCCCCCCCCCCC(=O)N[C@@H](CSC[C@@H](COC(=O)CCCCCCCCCCC)OC(=O)CCCCCCCCCCC)C(=O)N[C@@H](C)C(=O)N[C@H](CCC(N)=O)C(=O)NC(=O)CNCCS(=O)(=O)O. The number of thioether (sulfide) groups is 1. The van der Waals surface area contributed by atoms with Crippen LogP contribution in [0.25, 0.3) is 0 Å². The molecule has 0 bridgehead atoms. The molecule has 0 aliphatic heterocycles. The lowest BCUT2D eigenvalue weighted by molar-refractivity contribution is -0.157. The molecular weight excluding hydrogens is 1050 g/mol. The standard InChI is InChI=1S/C58H108N6O13S2/c1-5-8-11-14-17-20-21-22-23-26-27-30-33-36-52(66)62-50(58(72)61-47(4)56(70)63-49(39-40-51(59)65)57(71)64-53(67)43-60-41-42-79(73,74)75)46-78-45-48(77-55(69)38-35-32-29-25-19-16-13-10-7-3)44-76-54(68)37-34-31-28-24-18-15-12-9-6-2/h47-50,60H,5-46H2,1-4H3,(H2,59,65)(H,61,72)(H,62,66)(H,63,70)(H,64,67,71)(H,73,74,75)/t47-,48+,49+,50-/m0/s1. The van der Waals surface area contributed by atoms with Crippen LogP contribution in [0.3, 0.4) is 0 Å². The molecule has 0 aliphatic carbocycles. The molecule has 8 N–H and O–H groups in total. The molecule has 0 saturated carbocycles. The van der Waals surface area contributed by atoms with E-state index in [1.807, 2.05) is 0 Å². The largest absolute Gasteiger partial charge is 0.462 e. The minimum Gasteiger partial charge on any atom is -0.462 e. The van der Waals surface area contributed by atoms with E-state index < -0.39 is 82.2 Å². The van der Waals surface area contributed by atoms with Crippen molar-refractivity contribution in [2.45, 2.75) is 283 Å². The molecule has 0 aromatic rings. The molecule has 460 valence electrons. The number of carbonyl (C=O) groups is 8. The van der Waals surface area contributed by atoms with Gasteiger partial charge < -0.3 is 36.5 Å². The van der Waals surface area contributed by atoms with Crippen LogP contribution in [-0.4, -0.2) is 122 Å². The van der Waals surface area contributed by atoms with Crippen LogP contribution in [0.5, 0.6) is 0 Å². The molecule has 4 atom stereocenters. The average Bonchev–Trinajstić information content (AvgIpc) is 3.39. The van der Waals surface area contributed by atoms with Crippen molar-refractivity contribution in [1.82, 2.24) is 26.6 Å². The molecule has 0 radical (unpaired) electrons. The lowest BCUT2D eigenvalue weighted by Gasteiger charge is -2.24. The minimum absolute atomic E-state index is 0.00671. The number of esters is 2. The quantitative estimate of drug-likeness (QED) is 0.0170. The zero-order valence-electron chi connectivity index (χ0n) is 49.2. The van der Waals surface area contributed by atoms with E-state index in [9.17, 15) is 46.8 Å². The minimum atomic E-state index is -4.30. The molecule has 0 aromatic heterocycles. The van der Waals surface area contributed by atoms with Gasteiger partial charge in [0.15, 0.2) is 0 Å². The number of hydrogen-bond acceptors (Lipinski definition) is 14. The lowest BCUT2D eigenvalue weighted by atomic mass is 10.0. The van der Waals surface area contributed by atoms with Gasteiger partial charge in [-0.15, -0.1) is 0 Å². The molecule has 21 heteroatoms. The van der Waals surface area contributed by atoms with Crippen molar-refractivity contribution in [1.29, 1.82) is 0 Å². The summed E-state index contributed by atoms with van der Waals surface area (Å²) in [5, 5.41) is 12.4. The van der Waals surface area contributed by atoms with Gasteiger partial charge in [-0.2, -0.15) is 20.2 Å². The van der Waals surface area contributed by atoms with Gasteiger partial charge in [0.05, 0.1) is 12.3 Å². The molecule has 0 fully saturated rings. The van der Waals surface area contributed by atoms with Crippen molar-refractivity contribution in [3.05, 3.63) is 0 Å². The Hall–Kier alpha value is -3.82. The summed E-state index contributed by atoms with van der Waals surface area (Å²) in [4.78, 5) is 104. The number of amides is 6. The van der Waals surface area contributed by atoms with Crippen LogP contribution in [0.15, 0.2) is 0 Å². The van der Waals surface area contributed by atoms with Crippen molar-refractivity contribution in [3.63, 3.8) is 0 Å². The fourth-order valence-corrected chi connectivity index (χ4v) is 10.2. The van der Waals surface area contributed by atoms with Gasteiger partial charge in [-0.1, -0.05) is 201 Å². The normalized spacial score (nSPS) is 12.9. The van der Waals surface area contributed by atoms with E-state index in [-0.39, 0.29) is 68.6 Å². The fourth-order valence-electron chi connectivity index (χ4n) is 8.75. The summed E-state index contributed by atoms with van der Waals surface area (Å²) in [6.45, 7) is 6.99. The summed E-state index contributed by atoms with van der Waals surface area (Å²) in [5.41, 5.74) is 5.31. The molecule has 0 spiro atoms. The van der Waals surface area contributed by atoms with Gasteiger partial charge >= 0.3 is 11.9 Å². The van der Waals surface area contributed by atoms with E-state index in [1.165, 1.54) is 134 Å². The first-order valence-electron chi connectivity index (χ1n) is 30.5. The van der Waals surface area contributed by atoms with E-state index in [4.69, 9.17) is 19.8 Å². The molecule has 0 aliphatic rings. The zero-order chi connectivity index (χ0) is 58.8. The van der Waals surface area contributed by atoms with Crippen LogP contribution in [0.4, 0.5) is 0 Å². The van der Waals surface area contributed by atoms with E-state index in [0.29, 0.717) is 19.3 Å². The third-order valence-electron chi connectivity index (χ3n) is 13.6. The zero-order valence-corrected chi connectivity index (χ0v) is 50.9.